The van der Waals surface area contributed by atoms with E-state index in [1.54, 1.807) is 6.07 Å². The fourth-order valence-electron chi connectivity index (χ4n) is 3.40. The van der Waals surface area contributed by atoms with E-state index in [0.717, 1.165) is 42.1 Å². The molecule has 5 heteroatoms. The highest BCUT2D eigenvalue weighted by Gasteiger charge is 2.30. The Labute approximate surface area is 134 Å². The molecule has 2 aliphatic heterocycles. The monoisotopic (exact) mass is 311 g/mol. The van der Waals surface area contributed by atoms with Crippen LogP contribution in [-0.2, 0) is 4.79 Å². The van der Waals surface area contributed by atoms with Crippen LogP contribution in [0.25, 0.3) is 11.1 Å². The lowest BCUT2D eigenvalue weighted by Crippen LogP contribution is -2.51. The van der Waals surface area contributed by atoms with Crippen molar-refractivity contribution < 1.29 is 9.18 Å². The summed E-state index contributed by atoms with van der Waals surface area (Å²) in [4.78, 5) is 14.4. The molecule has 2 aliphatic rings. The van der Waals surface area contributed by atoms with Gasteiger partial charge in [-0.2, -0.15) is 0 Å². The number of benzene rings is 2. The molecule has 118 valence electrons. The van der Waals surface area contributed by atoms with Crippen molar-refractivity contribution in [2.24, 2.45) is 0 Å². The molecule has 2 heterocycles. The number of amides is 1. The minimum Gasteiger partial charge on any atom is -0.364 e. The van der Waals surface area contributed by atoms with E-state index in [9.17, 15) is 9.18 Å². The Morgan fingerprint density at radius 3 is 2.87 bits per heavy atom. The van der Waals surface area contributed by atoms with Gasteiger partial charge in [-0.15, -0.1) is 0 Å². The standard InChI is InChI=1S/C18H18FN3O/c19-14-3-1-2-12(8-14)13-4-5-16-17(9-13)22-7-6-20-11-15(22)10-18(23)21-16/h1-5,8-9,15,20H,6-7,10-11H2,(H,21,23). The highest BCUT2D eigenvalue weighted by Crippen LogP contribution is 2.36. The smallest absolute Gasteiger partial charge is 0.226 e. The van der Waals surface area contributed by atoms with Gasteiger partial charge in [0.1, 0.15) is 5.82 Å². The van der Waals surface area contributed by atoms with Crippen molar-refractivity contribution in [2.75, 3.05) is 29.9 Å². The molecule has 0 bridgehead atoms. The second kappa shape index (κ2) is 5.66. The number of piperazine rings is 1. The number of rotatable bonds is 1. The molecule has 1 saturated heterocycles. The molecule has 2 N–H and O–H groups in total. The Morgan fingerprint density at radius 2 is 2.00 bits per heavy atom. The van der Waals surface area contributed by atoms with E-state index < -0.39 is 0 Å². The third-order valence-corrected chi connectivity index (χ3v) is 4.51. The van der Waals surface area contributed by atoms with E-state index in [0.29, 0.717) is 6.42 Å². The average Bonchev–Trinajstić information content (AvgIpc) is 2.69. The van der Waals surface area contributed by atoms with Gasteiger partial charge in [-0.1, -0.05) is 18.2 Å². The molecule has 0 radical (unpaired) electrons. The van der Waals surface area contributed by atoms with Crippen LogP contribution in [0.3, 0.4) is 0 Å². The lowest BCUT2D eigenvalue weighted by Gasteiger charge is -2.36. The van der Waals surface area contributed by atoms with Crippen molar-refractivity contribution in [3.63, 3.8) is 0 Å². The van der Waals surface area contributed by atoms with Crippen LogP contribution in [0.2, 0.25) is 0 Å². The minimum absolute atomic E-state index is 0.0426. The van der Waals surface area contributed by atoms with E-state index in [1.165, 1.54) is 12.1 Å². The van der Waals surface area contributed by atoms with Gasteiger partial charge in [0.2, 0.25) is 5.91 Å². The van der Waals surface area contributed by atoms with E-state index in [4.69, 9.17) is 0 Å². The molecule has 2 aromatic rings. The summed E-state index contributed by atoms with van der Waals surface area (Å²) in [5.41, 5.74) is 3.65. The second-order valence-electron chi connectivity index (χ2n) is 6.05. The summed E-state index contributed by atoms with van der Waals surface area (Å²) in [7, 11) is 0. The molecule has 1 unspecified atom stereocenters. The molecule has 1 fully saturated rings. The first-order chi connectivity index (χ1) is 11.2. The topological polar surface area (TPSA) is 44.4 Å². The number of halogens is 1. The number of hydrogen-bond acceptors (Lipinski definition) is 3. The maximum absolute atomic E-state index is 13.5. The quantitative estimate of drug-likeness (QED) is 0.851. The lowest BCUT2D eigenvalue weighted by molar-refractivity contribution is -0.116. The zero-order chi connectivity index (χ0) is 15.8. The maximum atomic E-state index is 13.5. The van der Waals surface area contributed by atoms with Crippen molar-refractivity contribution in [2.45, 2.75) is 12.5 Å². The molecule has 1 atom stereocenters. The van der Waals surface area contributed by atoms with Crippen LogP contribution in [0.15, 0.2) is 42.5 Å². The molecule has 0 aromatic heterocycles. The van der Waals surface area contributed by atoms with Gasteiger partial charge in [0.05, 0.1) is 17.4 Å². The van der Waals surface area contributed by atoms with Crippen molar-refractivity contribution >= 4 is 17.3 Å². The van der Waals surface area contributed by atoms with Gasteiger partial charge in [-0.3, -0.25) is 4.79 Å². The van der Waals surface area contributed by atoms with E-state index in [-0.39, 0.29) is 17.8 Å². The van der Waals surface area contributed by atoms with Crippen molar-refractivity contribution in [1.82, 2.24) is 5.32 Å². The van der Waals surface area contributed by atoms with Gasteiger partial charge >= 0.3 is 0 Å². The first-order valence-corrected chi connectivity index (χ1v) is 7.88. The SMILES string of the molecule is O=C1CC2CNCCN2c2cc(-c3cccc(F)c3)ccc2N1. The molecule has 4 nitrogen and oxygen atoms in total. The van der Waals surface area contributed by atoms with Gasteiger partial charge in [0, 0.05) is 26.1 Å². The van der Waals surface area contributed by atoms with Gasteiger partial charge in [-0.25, -0.2) is 4.39 Å². The molecule has 0 spiro atoms. The Balaban J connectivity index is 1.80. The summed E-state index contributed by atoms with van der Waals surface area (Å²) < 4.78 is 13.5. The summed E-state index contributed by atoms with van der Waals surface area (Å²) in [6, 6.07) is 12.6. The van der Waals surface area contributed by atoms with Gasteiger partial charge in [-0.05, 0) is 35.4 Å². The zero-order valence-electron chi connectivity index (χ0n) is 12.7. The van der Waals surface area contributed by atoms with Crippen LogP contribution in [0.4, 0.5) is 15.8 Å². The summed E-state index contributed by atoms with van der Waals surface area (Å²) >= 11 is 0. The van der Waals surface area contributed by atoms with Crippen LogP contribution < -0.4 is 15.5 Å². The largest absolute Gasteiger partial charge is 0.364 e. The van der Waals surface area contributed by atoms with Gasteiger partial charge in [0.15, 0.2) is 0 Å². The normalized spacial score (nSPS) is 20.3. The molecule has 23 heavy (non-hydrogen) atoms. The van der Waals surface area contributed by atoms with E-state index in [2.05, 4.69) is 15.5 Å². The first kappa shape index (κ1) is 14.2. The van der Waals surface area contributed by atoms with E-state index in [1.807, 2.05) is 24.3 Å². The predicted molar refractivity (Wildman–Crippen MR) is 89.1 cm³/mol. The Morgan fingerprint density at radius 1 is 1.13 bits per heavy atom. The number of fused-ring (bicyclic) bond motifs is 3. The summed E-state index contributed by atoms with van der Waals surface area (Å²) in [5.74, 6) is -0.202. The fourth-order valence-corrected chi connectivity index (χ4v) is 3.40. The third-order valence-electron chi connectivity index (χ3n) is 4.51. The number of nitrogens with one attached hydrogen (secondary N) is 2. The average molecular weight is 311 g/mol. The molecule has 0 saturated carbocycles. The zero-order valence-corrected chi connectivity index (χ0v) is 12.7. The fraction of sp³-hybridized carbons (Fsp3) is 0.278. The number of hydrogen-bond donors (Lipinski definition) is 2. The second-order valence-corrected chi connectivity index (χ2v) is 6.05. The van der Waals surface area contributed by atoms with Crippen molar-refractivity contribution in [3.05, 3.63) is 48.3 Å². The number of anilines is 2. The molecular formula is C18H18FN3O. The van der Waals surface area contributed by atoms with Crippen molar-refractivity contribution in [3.8, 4) is 11.1 Å². The van der Waals surface area contributed by atoms with Gasteiger partial charge < -0.3 is 15.5 Å². The summed E-state index contributed by atoms with van der Waals surface area (Å²) in [6.07, 6.45) is 0.483. The highest BCUT2D eigenvalue weighted by molar-refractivity contribution is 5.97. The van der Waals surface area contributed by atoms with Crippen LogP contribution in [-0.4, -0.2) is 31.6 Å². The molecule has 4 rings (SSSR count). The van der Waals surface area contributed by atoms with Crippen molar-refractivity contribution in [1.29, 1.82) is 0 Å². The summed E-state index contributed by atoms with van der Waals surface area (Å²) in [6.45, 7) is 2.56. The number of nitrogens with zero attached hydrogens (tertiary/aromatic N) is 1. The Bertz CT molecular complexity index is 762. The molecular weight excluding hydrogens is 293 g/mol. The molecule has 1 amide bonds. The number of carbonyl (C=O) groups excluding carboxylic acids is 1. The summed E-state index contributed by atoms with van der Waals surface area (Å²) in [5, 5.41) is 6.33. The number of carbonyl (C=O) groups is 1. The Hall–Kier alpha value is -2.40. The van der Waals surface area contributed by atoms with Crippen LogP contribution >= 0.6 is 0 Å². The highest BCUT2D eigenvalue weighted by atomic mass is 19.1. The molecule has 0 aliphatic carbocycles. The third kappa shape index (κ3) is 2.68. The first-order valence-electron chi connectivity index (χ1n) is 7.88. The minimum atomic E-state index is -0.245. The van der Waals surface area contributed by atoms with Gasteiger partial charge in [0.25, 0.3) is 0 Å². The lowest BCUT2D eigenvalue weighted by atomic mass is 10.0. The maximum Gasteiger partial charge on any atom is 0.226 e. The predicted octanol–water partition coefficient (Wildman–Crippen LogP) is 2.61. The van der Waals surface area contributed by atoms with E-state index >= 15 is 0 Å². The van der Waals surface area contributed by atoms with Crippen LogP contribution in [0.1, 0.15) is 6.42 Å². The molecule has 2 aromatic carbocycles. The van der Waals surface area contributed by atoms with Crippen LogP contribution in [0, 0.1) is 5.82 Å². The van der Waals surface area contributed by atoms with Crippen LogP contribution in [0.5, 0.6) is 0 Å². The Kier molecular flexibility index (Phi) is 3.50.